The summed E-state index contributed by atoms with van der Waals surface area (Å²) in [5.74, 6) is 2.85. The zero-order valence-electron chi connectivity index (χ0n) is 18.9. The van der Waals surface area contributed by atoms with Crippen LogP contribution in [0.15, 0.2) is 22.8 Å². The van der Waals surface area contributed by atoms with E-state index in [1.807, 2.05) is 0 Å². The molecule has 0 radical (unpaired) electrons. The third kappa shape index (κ3) is 3.24. The fourth-order valence-electron chi connectivity index (χ4n) is 8.10. The lowest BCUT2D eigenvalue weighted by atomic mass is 9.46. The summed E-state index contributed by atoms with van der Waals surface area (Å²) in [7, 11) is 0. The minimum atomic E-state index is -0.172. The van der Waals surface area contributed by atoms with Crippen molar-refractivity contribution in [1.29, 1.82) is 0 Å². The van der Waals surface area contributed by atoms with Crippen molar-refractivity contribution < 1.29 is 14.3 Å². The van der Waals surface area contributed by atoms with Gasteiger partial charge < -0.3 is 4.74 Å². The van der Waals surface area contributed by atoms with E-state index in [1.54, 1.807) is 0 Å². The average molecular weight is 399 g/mol. The van der Waals surface area contributed by atoms with E-state index >= 15 is 0 Å². The Morgan fingerprint density at radius 1 is 1.24 bits per heavy atom. The van der Waals surface area contributed by atoms with Crippen molar-refractivity contribution >= 4 is 12.3 Å². The Morgan fingerprint density at radius 2 is 2.00 bits per heavy atom. The number of allylic oxidation sites excluding steroid dienone is 4. The number of aldehydes is 1. The van der Waals surface area contributed by atoms with E-state index < -0.39 is 0 Å². The maximum absolute atomic E-state index is 12.1. The molecule has 0 aromatic rings. The summed E-state index contributed by atoms with van der Waals surface area (Å²) in [6.45, 7) is 11.5. The van der Waals surface area contributed by atoms with Crippen molar-refractivity contribution in [1.82, 2.24) is 0 Å². The minimum absolute atomic E-state index is 0.168. The number of hydrogen-bond donors (Lipinski definition) is 0. The van der Waals surface area contributed by atoms with Gasteiger partial charge in [-0.1, -0.05) is 32.4 Å². The Kier molecular flexibility index (Phi) is 5.32. The highest BCUT2D eigenvalue weighted by atomic mass is 16.5. The van der Waals surface area contributed by atoms with Crippen molar-refractivity contribution in [3.8, 4) is 0 Å². The van der Waals surface area contributed by atoms with Gasteiger partial charge in [0.15, 0.2) is 0 Å². The Morgan fingerprint density at radius 3 is 2.69 bits per heavy atom. The average Bonchev–Trinajstić information content (AvgIpc) is 3.03. The van der Waals surface area contributed by atoms with Crippen molar-refractivity contribution in [2.24, 2.45) is 40.4 Å². The zero-order chi connectivity index (χ0) is 21.0. The molecule has 0 spiro atoms. The van der Waals surface area contributed by atoms with E-state index in [4.69, 9.17) is 4.74 Å². The SMILES string of the molecule is CC(=O)OC[C@@H](C)[C@H]1CC[C@H]2[C@@H]3CC(C=O)=C4C=C(C)CC[C@]4(C)[C@H]3CC[C@]12C. The molecule has 4 aliphatic rings. The van der Waals surface area contributed by atoms with E-state index in [0.717, 1.165) is 12.0 Å². The molecule has 0 heterocycles. The molecule has 3 nitrogen and oxygen atoms in total. The van der Waals surface area contributed by atoms with Gasteiger partial charge in [-0.25, -0.2) is 0 Å². The molecule has 4 rings (SSSR count). The first-order chi connectivity index (χ1) is 13.7. The maximum atomic E-state index is 12.1. The van der Waals surface area contributed by atoms with Crippen LogP contribution in [-0.4, -0.2) is 18.9 Å². The van der Waals surface area contributed by atoms with Crippen LogP contribution in [0.3, 0.4) is 0 Å². The number of fused-ring (bicyclic) bond motifs is 5. The molecule has 2 fully saturated rings. The third-order valence-electron chi connectivity index (χ3n) is 9.55. The van der Waals surface area contributed by atoms with E-state index in [0.29, 0.717) is 41.6 Å². The van der Waals surface area contributed by atoms with Gasteiger partial charge in [0.2, 0.25) is 0 Å². The second kappa shape index (κ2) is 7.39. The predicted octanol–water partition coefficient (Wildman–Crippen LogP) is 5.89. The first-order valence-corrected chi connectivity index (χ1v) is 11.7. The monoisotopic (exact) mass is 398 g/mol. The van der Waals surface area contributed by atoms with Gasteiger partial charge in [0.1, 0.15) is 6.29 Å². The quantitative estimate of drug-likeness (QED) is 0.438. The van der Waals surface area contributed by atoms with Crippen LogP contribution >= 0.6 is 0 Å². The molecular formula is C26H38O3. The van der Waals surface area contributed by atoms with Crippen molar-refractivity contribution in [2.45, 2.75) is 79.6 Å². The van der Waals surface area contributed by atoms with Crippen molar-refractivity contribution in [2.75, 3.05) is 6.61 Å². The number of carbonyl (C=O) groups is 2. The Bertz CT molecular complexity index is 762. The third-order valence-corrected chi connectivity index (χ3v) is 9.55. The first-order valence-electron chi connectivity index (χ1n) is 11.7. The van der Waals surface area contributed by atoms with E-state index in [-0.39, 0.29) is 11.4 Å². The van der Waals surface area contributed by atoms with Gasteiger partial charge in [0, 0.05) is 6.92 Å². The molecule has 0 bridgehead atoms. The van der Waals surface area contributed by atoms with Gasteiger partial charge in [-0.15, -0.1) is 0 Å². The summed E-state index contributed by atoms with van der Waals surface area (Å²) in [5, 5.41) is 0. The summed E-state index contributed by atoms with van der Waals surface area (Å²) in [6, 6.07) is 0. The first kappa shape index (κ1) is 20.9. The van der Waals surface area contributed by atoms with E-state index in [2.05, 4.69) is 33.8 Å². The van der Waals surface area contributed by atoms with Crippen molar-refractivity contribution in [3.63, 3.8) is 0 Å². The van der Waals surface area contributed by atoms with Gasteiger partial charge in [0.25, 0.3) is 0 Å². The lowest BCUT2D eigenvalue weighted by molar-refractivity contribution is -0.143. The van der Waals surface area contributed by atoms with Crippen molar-refractivity contribution in [3.05, 3.63) is 22.8 Å². The molecule has 0 N–H and O–H groups in total. The van der Waals surface area contributed by atoms with Crippen LogP contribution in [-0.2, 0) is 14.3 Å². The molecule has 7 atom stereocenters. The second-order valence-electron chi connectivity index (χ2n) is 11.1. The largest absolute Gasteiger partial charge is 0.466 e. The molecule has 29 heavy (non-hydrogen) atoms. The summed E-state index contributed by atoms with van der Waals surface area (Å²) >= 11 is 0. The molecule has 2 saturated carbocycles. The van der Waals surface area contributed by atoms with Crippen LogP contribution in [0, 0.1) is 40.4 Å². The Balaban J connectivity index is 1.63. The lowest BCUT2D eigenvalue weighted by Gasteiger charge is -2.58. The van der Waals surface area contributed by atoms with Gasteiger partial charge in [-0.3, -0.25) is 9.59 Å². The lowest BCUT2D eigenvalue weighted by Crippen LogP contribution is -2.50. The molecule has 0 unspecified atom stereocenters. The van der Waals surface area contributed by atoms with Crippen LogP contribution in [0.25, 0.3) is 0 Å². The van der Waals surface area contributed by atoms with Gasteiger partial charge in [-0.2, -0.15) is 0 Å². The standard InChI is InChI=1S/C26H38O3/c1-16-8-10-26(5)23-9-11-25(4)21(17(2)15-29-18(3)28)6-7-22(25)20(23)13-19(14-27)24(26)12-16/h12,14,17,20-23H,6-11,13,15H2,1-5H3/t17-,20+,21-,22+,23+,25-,26-/m1/s1. The highest BCUT2D eigenvalue weighted by Crippen LogP contribution is 2.67. The molecule has 4 aliphatic carbocycles. The Hall–Kier alpha value is -1.38. The summed E-state index contributed by atoms with van der Waals surface area (Å²) in [6.07, 6.45) is 11.9. The van der Waals surface area contributed by atoms with Crippen LogP contribution in [0.2, 0.25) is 0 Å². The number of hydrogen-bond acceptors (Lipinski definition) is 3. The van der Waals surface area contributed by atoms with Crippen LogP contribution in [0.5, 0.6) is 0 Å². The van der Waals surface area contributed by atoms with Gasteiger partial charge in [0.05, 0.1) is 6.61 Å². The maximum Gasteiger partial charge on any atom is 0.302 e. The normalized spacial score (nSPS) is 42.3. The number of esters is 1. The molecule has 160 valence electrons. The number of carbonyl (C=O) groups excluding carboxylic acids is 2. The zero-order valence-corrected chi connectivity index (χ0v) is 18.9. The van der Waals surface area contributed by atoms with Crippen LogP contribution < -0.4 is 0 Å². The van der Waals surface area contributed by atoms with Gasteiger partial charge >= 0.3 is 5.97 Å². The van der Waals surface area contributed by atoms with Gasteiger partial charge in [-0.05, 0) is 103 Å². The van der Waals surface area contributed by atoms with E-state index in [1.165, 1.54) is 62.9 Å². The van der Waals surface area contributed by atoms with Crippen LogP contribution in [0.1, 0.15) is 79.6 Å². The summed E-state index contributed by atoms with van der Waals surface area (Å²) in [5.41, 5.74) is 4.34. The molecule has 0 saturated heterocycles. The summed E-state index contributed by atoms with van der Waals surface area (Å²) < 4.78 is 5.38. The topological polar surface area (TPSA) is 43.4 Å². The highest BCUT2D eigenvalue weighted by Gasteiger charge is 2.59. The molecule has 3 heteroatoms. The highest BCUT2D eigenvalue weighted by molar-refractivity contribution is 5.77. The minimum Gasteiger partial charge on any atom is -0.466 e. The molecule has 0 aromatic heterocycles. The Labute approximate surface area is 176 Å². The molecular weight excluding hydrogens is 360 g/mol. The molecule has 0 amide bonds. The fraction of sp³-hybridized carbons (Fsp3) is 0.769. The smallest absolute Gasteiger partial charge is 0.302 e. The molecule has 0 aliphatic heterocycles. The second-order valence-corrected chi connectivity index (χ2v) is 11.1. The number of ether oxygens (including phenoxy) is 1. The molecule has 0 aromatic carbocycles. The number of rotatable bonds is 4. The predicted molar refractivity (Wildman–Crippen MR) is 115 cm³/mol. The summed E-state index contributed by atoms with van der Waals surface area (Å²) in [4.78, 5) is 23.4. The van der Waals surface area contributed by atoms with Crippen LogP contribution in [0.4, 0.5) is 0 Å². The fourth-order valence-corrected chi connectivity index (χ4v) is 8.10. The van der Waals surface area contributed by atoms with E-state index in [9.17, 15) is 9.59 Å².